The van der Waals surface area contributed by atoms with E-state index in [4.69, 9.17) is 0 Å². The number of aryl methyl sites for hydroxylation is 2. The van der Waals surface area contributed by atoms with Crippen LogP contribution in [0.4, 0.5) is 0 Å². The highest BCUT2D eigenvalue weighted by molar-refractivity contribution is 7.08. The second-order valence-corrected chi connectivity index (χ2v) is 4.49. The first kappa shape index (κ1) is 10.8. The van der Waals surface area contributed by atoms with Crippen LogP contribution in [0.5, 0.6) is 0 Å². The van der Waals surface area contributed by atoms with Crippen molar-refractivity contribution in [3.05, 3.63) is 21.9 Å². The van der Waals surface area contributed by atoms with Gasteiger partial charge >= 0.3 is 0 Å². The maximum atomic E-state index is 2.30. The fourth-order valence-corrected chi connectivity index (χ4v) is 2.45. The van der Waals surface area contributed by atoms with Gasteiger partial charge in [0.25, 0.3) is 0 Å². The van der Waals surface area contributed by atoms with E-state index < -0.39 is 0 Å². The van der Waals surface area contributed by atoms with Crippen molar-refractivity contribution in [2.75, 3.05) is 0 Å². The zero-order valence-corrected chi connectivity index (χ0v) is 9.62. The molecule has 0 aliphatic rings. The van der Waals surface area contributed by atoms with Crippen molar-refractivity contribution in [3.63, 3.8) is 0 Å². The molecule has 0 aromatic carbocycles. The highest BCUT2D eigenvalue weighted by Crippen LogP contribution is 2.16. The monoisotopic (exact) mass is 196 g/mol. The second-order valence-electron chi connectivity index (χ2n) is 3.74. The van der Waals surface area contributed by atoms with Gasteiger partial charge in [-0.05, 0) is 41.7 Å². The summed E-state index contributed by atoms with van der Waals surface area (Å²) in [4.78, 5) is 0. The standard InChI is InChI=1S/C12H20S/c1-3-4-5-6-7-8-12-10-13-9-11(12)2/h9-10H,3-8H2,1-2H3. The lowest BCUT2D eigenvalue weighted by Gasteiger charge is -2.00. The normalized spacial score (nSPS) is 10.6. The smallest absolute Gasteiger partial charge is 0.00585 e. The van der Waals surface area contributed by atoms with E-state index in [1.54, 1.807) is 5.56 Å². The van der Waals surface area contributed by atoms with Gasteiger partial charge in [-0.3, -0.25) is 0 Å². The zero-order valence-electron chi connectivity index (χ0n) is 8.81. The Labute approximate surface area is 86.0 Å². The number of hydrogen-bond acceptors (Lipinski definition) is 1. The topological polar surface area (TPSA) is 0 Å². The average Bonchev–Trinajstić information content (AvgIpc) is 2.52. The Balaban J connectivity index is 2.10. The van der Waals surface area contributed by atoms with Crippen molar-refractivity contribution in [1.29, 1.82) is 0 Å². The van der Waals surface area contributed by atoms with Crippen molar-refractivity contribution in [3.8, 4) is 0 Å². The molecule has 0 saturated carbocycles. The van der Waals surface area contributed by atoms with Gasteiger partial charge in [0, 0.05) is 0 Å². The lowest BCUT2D eigenvalue weighted by Crippen LogP contribution is -1.85. The average molecular weight is 196 g/mol. The van der Waals surface area contributed by atoms with Crippen LogP contribution < -0.4 is 0 Å². The summed E-state index contributed by atoms with van der Waals surface area (Å²) in [6.07, 6.45) is 8.24. The molecule has 0 aliphatic heterocycles. The lowest BCUT2D eigenvalue weighted by atomic mass is 10.1. The summed E-state index contributed by atoms with van der Waals surface area (Å²) in [5.74, 6) is 0. The van der Waals surface area contributed by atoms with Crippen LogP contribution in [-0.4, -0.2) is 0 Å². The van der Waals surface area contributed by atoms with E-state index >= 15 is 0 Å². The molecule has 0 fully saturated rings. The molecule has 0 radical (unpaired) electrons. The summed E-state index contributed by atoms with van der Waals surface area (Å²) >= 11 is 1.83. The predicted molar refractivity (Wildman–Crippen MR) is 61.5 cm³/mol. The highest BCUT2D eigenvalue weighted by atomic mass is 32.1. The number of thiophene rings is 1. The molecule has 0 bridgehead atoms. The van der Waals surface area contributed by atoms with Crippen molar-refractivity contribution in [2.24, 2.45) is 0 Å². The van der Waals surface area contributed by atoms with Crippen LogP contribution in [0.25, 0.3) is 0 Å². The summed E-state index contributed by atoms with van der Waals surface area (Å²) in [5.41, 5.74) is 3.06. The summed E-state index contributed by atoms with van der Waals surface area (Å²) in [7, 11) is 0. The molecule has 1 rings (SSSR count). The zero-order chi connectivity index (χ0) is 9.52. The molecule has 0 N–H and O–H groups in total. The molecule has 74 valence electrons. The Morgan fingerprint density at radius 2 is 1.85 bits per heavy atom. The molecule has 0 amide bonds. The summed E-state index contributed by atoms with van der Waals surface area (Å²) in [6.45, 7) is 4.49. The van der Waals surface area contributed by atoms with Gasteiger partial charge in [0.2, 0.25) is 0 Å². The minimum absolute atomic E-state index is 1.29. The minimum atomic E-state index is 1.29. The SMILES string of the molecule is CCCCCCCc1cscc1C. The minimum Gasteiger partial charge on any atom is -0.152 e. The summed E-state index contributed by atoms with van der Waals surface area (Å²) in [6, 6.07) is 0. The first-order valence-corrected chi connectivity index (χ1v) is 6.30. The Kier molecular flexibility index (Phi) is 5.14. The van der Waals surface area contributed by atoms with E-state index in [1.165, 1.54) is 44.1 Å². The van der Waals surface area contributed by atoms with E-state index in [1.807, 2.05) is 11.3 Å². The fourth-order valence-electron chi connectivity index (χ4n) is 1.56. The third-order valence-corrected chi connectivity index (χ3v) is 3.42. The van der Waals surface area contributed by atoms with Crippen molar-refractivity contribution < 1.29 is 0 Å². The molecule has 0 spiro atoms. The van der Waals surface area contributed by atoms with Gasteiger partial charge in [0.1, 0.15) is 0 Å². The molecular formula is C12H20S. The Bertz CT molecular complexity index is 225. The number of unbranched alkanes of at least 4 members (excludes halogenated alkanes) is 4. The Morgan fingerprint density at radius 3 is 2.46 bits per heavy atom. The van der Waals surface area contributed by atoms with Gasteiger partial charge < -0.3 is 0 Å². The molecule has 0 unspecified atom stereocenters. The molecule has 1 heteroatoms. The van der Waals surface area contributed by atoms with Gasteiger partial charge in [-0.2, -0.15) is 11.3 Å². The fraction of sp³-hybridized carbons (Fsp3) is 0.667. The molecule has 0 nitrogen and oxygen atoms in total. The van der Waals surface area contributed by atoms with E-state index in [-0.39, 0.29) is 0 Å². The molecule has 1 heterocycles. The van der Waals surface area contributed by atoms with Crippen molar-refractivity contribution in [2.45, 2.75) is 52.4 Å². The second kappa shape index (κ2) is 6.20. The van der Waals surface area contributed by atoms with Crippen LogP contribution in [0.3, 0.4) is 0 Å². The number of hydrogen-bond donors (Lipinski definition) is 0. The summed E-state index contributed by atoms with van der Waals surface area (Å²) in [5, 5.41) is 4.55. The van der Waals surface area contributed by atoms with Gasteiger partial charge in [-0.1, -0.05) is 32.6 Å². The van der Waals surface area contributed by atoms with Gasteiger partial charge in [-0.25, -0.2) is 0 Å². The third-order valence-electron chi connectivity index (χ3n) is 2.51. The molecule has 0 atom stereocenters. The predicted octanol–water partition coefficient (Wildman–Crippen LogP) is 4.57. The van der Waals surface area contributed by atoms with Gasteiger partial charge in [0.15, 0.2) is 0 Å². The number of rotatable bonds is 6. The first-order valence-electron chi connectivity index (χ1n) is 5.36. The van der Waals surface area contributed by atoms with Crippen LogP contribution in [0.2, 0.25) is 0 Å². The van der Waals surface area contributed by atoms with Crippen LogP contribution in [-0.2, 0) is 6.42 Å². The van der Waals surface area contributed by atoms with E-state index in [0.29, 0.717) is 0 Å². The quantitative estimate of drug-likeness (QED) is 0.585. The van der Waals surface area contributed by atoms with Crippen LogP contribution in [0.1, 0.15) is 50.2 Å². The van der Waals surface area contributed by atoms with E-state index in [2.05, 4.69) is 24.6 Å². The third kappa shape index (κ3) is 3.95. The van der Waals surface area contributed by atoms with Crippen molar-refractivity contribution >= 4 is 11.3 Å². The lowest BCUT2D eigenvalue weighted by molar-refractivity contribution is 0.632. The molecule has 1 aromatic heterocycles. The van der Waals surface area contributed by atoms with E-state index in [0.717, 1.165) is 0 Å². The van der Waals surface area contributed by atoms with Crippen molar-refractivity contribution in [1.82, 2.24) is 0 Å². The molecule has 0 aliphatic carbocycles. The summed E-state index contributed by atoms with van der Waals surface area (Å²) < 4.78 is 0. The maximum Gasteiger partial charge on any atom is -0.00585 e. The molecular weight excluding hydrogens is 176 g/mol. The largest absolute Gasteiger partial charge is 0.152 e. The van der Waals surface area contributed by atoms with Gasteiger partial charge in [0.05, 0.1) is 0 Å². The van der Waals surface area contributed by atoms with Crippen LogP contribution in [0, 0.1) is 6.92 Å². The van der Waals surface area contributed by atoms with Crippen LogP contribution in [0.15, 0.2) is 10.8 Å². The Morgan fingerprint density at radius 1 is 1.08 bits per heavy atom. The molecule has 13 heavy (non-hydrogen) atoms. The highest BCUT2D eigenvalue weighted by Gasteiger charge is 1.98. The van der Waals surface area contributed by atoms with Crippen LogP contribution >= 0.6 is 11.3 Å². The van der Waals surface area contributed by atoms with E-state index in [9.17, 15) is 0 Å². The molecule has 1 aromatic rings. The molecule has 0 saturated heterocycles. The first-order chi connectivity index (χ1) is 6.34. The Hall–Kier alpha value is -0.300. The maximum absolute atomic E-state index is 2.30. The van der Waals surface area contributed by atoms with Gasteiger partial charge in [-0.15, -0.1) is 0 Å².